The highest BCUT2D eigenvalue weighted by Crippen LogP contribution is 2.39. The SMILES string of the molecule is O=C1C[C@H](c2cccc(OCc3cccc(F)c3)c2)c2cnn(-c3nc4ccccc4s3)c2N1. The van der Waals surface area contributed by atoms with Gasteiger partial charge in [-0.1, -0.05) is 47.7 Å². The molecule has 0 radical (unpaired) electrons. The van der Waals surface area contributed by atoms with Crippen molar-refractivity contribution in [3.05, 3.63) is 102 Å². The van der Waals surface area contributed by atoms with Gasteiger partial charge >= 0.3 is 0 Å². The van der Waals surface area contributed by atoms with Crippen molar-refractivity contribution in [2.24, 2.45) is 0 Å². The van der Waals surface area contributed by atoms with Crippen LogP contribution in [0.3, 0.4) is 0 Å². The van der Waals surface area contributed by atoms with E-state index in [1.165, 1.54) is 23.5 Å². The standard InChI is InChI=1S/C26H19FN4O2S/c27-18-7-3-5-16(11-18)15-33-19-8-4-6-17(12-19)20-13-24(32)30-25-21(20)14-28-31(25)26-29-22-9-1-2-10-23(22)34-26/h1-12,14,20H,13,15H2,(H,30,32)/t20-/m1/s1. The minimum absolute atomic E-state index is 0.0774. The smallest absolute Gasteiger partial charge is 0.226 e. The van der Waals surface area contributed by atoms with Gasteiger partial charge in [0.25, 0.3) is 0 Å². The number of fused-ring (bicyclic) bond motifs is 2. The van der Waals surface area contributed by atoms with E-state index in [2.05, 4.69) is 15.4 Å². The van der Waals surface area contributed by atoms with Crippen LogP contribution in [0.15, 0.2) is 79.0 Å². The van der Waals surface area contributed by atoms with Crippen LogP contribution in [0.25, 0.3) is 15.3 Å². The second-order valence-electron chi connectivity index (χ2n) is 8.12. The Morgan fingerprint density at radius 3 is 2.85 bits per heavy atom. The highest BCUT2D eigenvalue weighted by Gasteiger charge is 2.31. The molecule has 0 saturated carbocycles. The van der Waals surface area contributed by atoms with Gasteiger partial charge < -0.3 is 10.1 Å². The van der Waals surface area contributed by atoms with Gasteiger partial charge in [0.2, 0.25) is 11.0 Å². The number of amides is 1. The Balaban J connectivity index is 1.31. The molecule has 0 spiro atoms. The average molecular weight is 471 g/mol. The fourth-order valence-electron chi connectivity index (χ4n) is 4.23. The van der Waals surface area contributed by atoms with E-state index in [1.54, 1.807) is 16.9 Å². The molecule has 1 atom stereocenters. The second kappa shape index (κ2) is 8.39. The molecule has 6 rings (SSSR count). The lowest BCUT2D eigenvalue weighted by molar-refractivity contribution is -0.116. The Morgan fingerprint density at radius 1 is 1.09 bits per heavy atom. The summed E-state index contributed by atoms with van der Waals surface area (Å²) in [6.45, 7) is 0.257. The van der Waals surface area contributed by atoms with Crippen LogP contribution < -0.4 is 10.1 Å². The summed E-state index contributed by atoms with van der Waals surface area (Å²) in [7, 11) is 0. The molecule has 1 N–H and O–H groups in total. The van der Waals surface area contributed by atoms with Gasteiger partial charge in [0.1, 0.15) is 24.0 Å². The maximum Gasteiger partial charge on any atom is 0.226 e. The Hall–Kier alpha value is -4.04. The monoisotopic (exact) mass is 470 g/mol. The second-order valence-corrected chi connectivity index (χ2v) is 9.13. The third-order valence-electron chi connectivity index (χ3n) is 5.84. The van der Waals surface area contributed by atoms with E-state index in [1.807, 2.05) is 54.6 Å². The van der Waals surface area contributed by atoms with Crippen LogP contribution in [0, 0.1) is 5.82 Å². The van der Waals surface area contributed by atoms with Gasteiger partial charge in [-0.25, -0.2) is 9.37 Å². The maximum absolute atomic E-state index is 13.5. The highest BCUT2D eigenvalue weighted by atomic mass is 32.1. The molecule has 1 amide bonds. The van der Waals surface area contributed by atoms with Crippen LogP contribution in [0.4, 0.5) is 10.2 Å². The van der Waals surface area contributed by atoms with Crippen LogP contribution in [0.5, 0.6) is 5.75 Å². The molecule has 3 aromatic carbocycles. The molecular weight excluding hydrogens is 451 g/mol. The lowest BCUT2D eigenvalue weighted by Crippen LogP contribution is -2.24. The fourth-order valence-corrected chi connectivity index (χ4v) is 5.16. The first-order valence-corrected chi connectivity index (χ1v) is 11.7. The zero-order valence-corrected chi connectivity index (χ0v) is 18.8. The summed E-state index contributed by atoms with van der Waals surface area (Å²) in [5.74, 6) is 0.774. The molecule has 1 aliphatic heterocycles. The van der Waals surface area contributed by atoms with Gasteiger partial charge in [0, 0.05) is 17.9 Å². The summed E-state index contributed by atoms with van der Waals surface area (Å²) in [5.41, 5.74) is 3.54. The van der Waals surface area contributed by atoms with E-state index in [4.69, 9.17) is 4.74 Å². The molecule has 168 valence electrons. The summed E-state index contributed by atoms with van der Waals surface area (Å²) in [6, 6.07) is 21.9. The summed E-state index contributed by atoms with van der Waals surface area (Å²) >= 11 is 1.53. The molecule has 2 aromatic heterocycles. The molecule has 0 saturated heterocycles. The third kappa shape index (κ3) is 3.82. The molecule has 0 fully saturated rings. The lowest BCUT2D eigenvalue weighted by atomic mass is 9.87. The van der Waals surface area contributed by atoms with Crippen molar-refractivity contribution >= 4 is 33.3 Å². The maximum atomic E-state index is 13.5. The van der Waals surface area contributed by atoms with Crippen molar-refractivity contribution < 1.29 is 13.9 Å². The van der Waals surface area contributed by atoms with Crippen LogP contribution >= 0.6 is 11.3 Å². The number of halogens is 1. The predicted octanol–water partition coefficient (Wildman–Crippen LogP) is 5.67. The van der Waals surface area contributed by atoms with Gasteiger partial charge in [-0.3, -0.25) is 4.79 Å². The Labute approximate surface area is 198 Å². The Bertz CT molecular complexity index is 1490. The number of ether oxygens (including phenoxy) is 1. The van der Waals surface area contributed by atoms with Gasteiger partial charge in [-0.15, -0.1) is 0 Å². The van der Waals surface area contributed by atoms with Gasteiger partial charge in [0.15, 0.2) is 0 Å². The number of benzene rings is 3. The Morgan fingerprint density at radius 2 is 1.97 bits per heavy atom. The van der Waals surface area contributed by atoms with Gasteiger partial charge in [-0.05, 0) is 47.5 Å². The molecule has 5 aromatic rings. The van der Waals surface area contributed by atoms with E-state index in [0.29, 0.717) is 23.1 Å². The number of nitrogens with one attached hydrogen (secondary N) is 1. The zero-order valence-electron chi connectivity index (χ0n) is 17.9. The number of nitrogens with zero attached hydrogens (tertiary/aromatic N) is 3. The van der Waals surface area contributed by atoms with Crippen molar-refractivity contribution in [2.45, 2.75) is 18.9 Å². The first-order chi connectivity index (χ1) is 16.6. The average Bonchev–Trinajstić information content (AvgIpc) is 3.46. The number of thiazole rings is 1. The molecule has 8 heteroatoms. The van der Waals surface area contributed by atoms with Crippen molar-refractivity contribution in [1.82, 2.24) is 14.8 Å². The van der Waals surface area contributed by atoms with Crippen molar-refractivity contribution in [1.29, 1.82) is 0 Å². The number of carbonyl (C=O) groups excluding carboxylic acids is 1. The molecule has 34 heavy (non-hydrogen) atoms. The number of carbonyl (C=O) groups is 1. The van der Waals surface area contributed by atoms with E-state index >= 15 is 0 Å². The van der Waals surface area contributed by atoms with E-state index in [-0.39, 0.29) is 24.2 Å². The minimum Gasteiger partial charge on any atom is -0.489 e. The summed E-state index contributed by atoms with van der Waals surface area (Å²) < 4.78 is 22.1. The molecule has 6 nitrogen and oxygen atoms in total. The first-order valence-electron chi connectivity index (χ1n) is 10.8. The largest absolute Gasteiger partial charge is 0.489 e. The van der Waals surface area contributed by atoms with E-state index in [9.17, 15) is 9.18 Å². The van der Waals surface area contributed by atoms with Crippen molar-refractivity contribution in [2.75, 3.05) is 5.32 Å². The number of hydrogen-bond donors (Lipinski definition) is 1. The number of rotatable bonds is 5. The first kappa shape index (κ1) is 20.6. The third-order valence-corrected chi connectivity index (χ3v) is 6.85. The quantitative estimate of drug-likeness (QED) is 0.359. The number of anilines is 1. The van der Waals surface area contributed by atoms with Crippen molar-refractivity contribution in [3.8, 4) is 10.9 Å². The van der Waals surface area contributed by atoms with E-state index in [0.717, 1.165) is 26.9 Å². The predicted molar refractivity (Wildman–Crippen MR) is 129 cm³/mol. The van der Waals surface area contributed by atoms with E-state index < -0.39 is 0 Å². The minimum atomic E-state index is -0.291. The van der Waals surface area contributed by atoms with Crippen LogP contribution in [0.2, 0.25) is 0 Å². The molecule has 1 aliphatic rings. The van der Waals surface area contributed by atoms with Crippen molar-refractivity contribution in [3.63, 3.8) is 0 Å². The van der Waals surface area contributed by atoms with Crippen LogP contribution in [-0.2, 0) is 11.4 Å². The summed E-state index contributed by atoms with van der Waals surface area (Å²) in [4.78, 5) is 17.3. The van der Waals surface area contributed by atoms with Gasteiger partial charge in [-0.2, -0.15) is 9.78 Å². The normalized spacial score (nSPS) is 15.2. The molecule has 0 bridgehead atoms. The number of aromatic nitrogens is 3. The van der Waals surface area contributed by atoms with Crippen LogP contribution in [0.1, 0.15) is 29.0 Å². The zero-order chi connectivity index (χ0) is 23.1. The van der Waals surface area contributed by atoms with Gasteiger partial charge in [0.05, 0.1) is 16.4 Å². The highest BCUT2D eigenvalue weighted by molar-refractivity contribution is 7.20. The molecule has 0 unspecified atom stereocenters. The summed E-state index contributed by atoms with van der Waals surface area (Å²) in [5, 5.41) is 8.25. The number of hydrogen-bond acceptors (Lipinski definition) is 5. The summed E-state index contributed by atoms with van der Waals surface area (Å²) in [6.07, 6.45) is 2.11. The Kier molecular flexibility index (Phi) is 5.07. The number of para-hydroxylation sites is 1. The van der Waals surface area contributed by atoms with Crippen LogP contribution in [-0.4, -0.2) is 20.7 Å². The topological polar surface area (TPSA) is 69.0 Å². The molecular formula is C26H19FN4O2S. The molecule has 0 aliphatic carbocycles. The lowest BCUT2D eigenvalue weighted by Gasteiger charge is -2.23. The fraction of sp³-hybridized carbons (Fsp3) is 0.115. The molecule has 3 heterocycles.